The molecule has 2 heterocycles. The Hall–Kier alpha value is -2.21. The summed E-state index contributed by atoms with van der Waals surface area (Å²) < 4.78 is 1.40. The smallest absolute Gasteiger partial charge is 0.275 e. The third kappa shape index (κ3) is 2.74. The molecule has 0 aliphatic heterocycles. The quantitative estimate of drug-likeness (QED) is 0.740. The van der Waals surface area contributed by atoms with Crippen LogP contribution in [0.4, 0.5) is 5.13 Å². The molecule has 23 heavy (non-hydrogen) atoms. The van der Waals surface area contributed by atoms with E-state index in [0.717, 1.165) is 11.7 Å². The predicted molar refractivity (Wildman–Crippen MR) is 92.3 cm³/mol. The highest BCUT2D eigenvalue weighted by Gasteiger charge is 2.31. The highest BCUT2D eigenvalue weighted by atomic mass is 32.1. The summed E-state index contributed by atoms with van der Waals surface area (Å²) in [5, 5.41) is 5.37. The molecule has 1 saturated carbocycles. The van der Waals surface area contributed by atoms with Gasteiger partial charge in [0.15, 0.2) is 0 Å². The van der Waals surface area contributed by atoms with Gasteiger partial charge in [-0.25, -0.2) is 4.98 Å². The molecule has 4 rings (SSSR count). The van der Waals surface area contributed by atoms with Gasteiger partial charge in [0.1, 0.15) is 0 Å². The lowest BCUT2D eigenvalue weighted by Crippen LogP contribution is -2.25. The molecule has 118 valence electrons. The molecule has 1 aliphatic carbocycles. The Labute approximate surface area is 138 Å². The molecule has 0 amide bonds. The monoisotopic (exact) mass is 326 g/mol. The molecule has 0 spiro atoms. The van der Waals surface area contributed by atoms with Crippen molar-refractivity contribution in [2.45, 2.75) is 39.3 Å². The largest absolute Gasteiger partial charge is 0.339 e. The minimum absolute atomic E-state index is 0.126. The average molecular weight is 326 g/mol. The van der Waals surface area contributed by atoms with Gasteiger partial charge in [-0.1, -0.05) is 29.5 Å². The summed E-state index contributed by atoms with van der Waals surface area (Å²) in [6.07, 6.45) is 3.91. The van der Waals surface area contributed by atoms with Crippen LogP contribution in [-0.4, -0.2) is 20.6 Å². The molecule has 0 N–H and O–H groups in total. The number of nitrogens with zero attached hydrogens (tertiary/aromatic N) is 4. The maximum absolute atomic E-state index is 11.9. The Morgan fingerprint density at radius 1 is 1.26 bits per heavy atom. The summed E-state index contributed by atoms with van der Waals surface area (Å²) in [4.78, 5) is 19.1. The standard InChI is InChI=1S/C17H18N4OS/c1-11-3-4-13(9-12(11)2)10-20(14-5-6-14)17-19-21-15(22)7-8-18-16(21)23-17/h3-4,7-9,14H,5-6,10H2,1-2H3. The maximum atomic E-state index is 11.9. The van der Waals surface area contributed by atoms with Crippen molar-refractivity contribution in [3.05, 3.63) is 57.5 Å². The van der Waals surface area contributed by atoms with Gasteiger partial charge in [0.25, 0.3) is 5.56 Å². The molecule has 5 nitrogen and oxygen atoms in total. The van der Waals surface area contributed by atoms with Gasteiger partial charge in [0, 0.05) is 24.8 Å². The third-order valence-electron chi connectivity index (χ3n) is 4.32. The van der Waals surface area contributed by atoms with E-state index in [1.54, 1.807) is 6.20 Å². The summed E-state index contributed by atoms with van der Waals surface area (Å²) >= 11 is 1.48. The van der Waals surface area contributed by atoms with Crippen molar-refractivity contribution in [1.82, 2.24) is 14.6 Å². The molecule has 1 aliphatic rings. The maximum Gasteiger partial charge on any atom is 0.275 e. The average Bonchev–Trinajstić information content (AvgIpc) is 3.27. The van der Waals surface area contributed by atoms with E-state index in [1.165, 1.54) is 51.5 Å². The van der Waals surface area contributed by atoms with E-state index in [4.69, 9.17) is 0 Å². The summed E-state index contributed by atoms with van der Waals surface area (Å²) in [7, 11) is 0. The van der Waals surface area contributed by atoms with Crippen molar-refractivity contribution in [3.8, 4) is 0 Å². The highest BCUT2D eigenvalue weighted by molar-refractivity contribution is 7.20. The third-order valence-corrected chi connectivity index (χ3v) is 5.28. The van der Waals surface area contributed by atoms with Crippen LogP contribution >= 0.6 is 11.3 Å². The molecule has 0 radical (unpaired) electrons. The summed E-state index contributed by atoms with van der Waals surface area (Å²) in [5.41, 5.74) is 3.77. The van der Waals surface area contributed by atoms with Gasteiger partial charge < -0.3 is 4.90 Å². The lowest BCUT2D eigenvalue weighted by molar-refractivity contribution is 0.765. The molecule has 0 bridgehead atoms. The van der Waals surface area contributed by atoms with E-state index in [-0.39, 0.29) is 5.56 Å². The number of benzene rings is 1. The Bertz CT molecular complexity index is 926. The minimum atomic E-state index is -0.126. The van der Waals surface area contributed by atoms with Crippen molar-refractivity contribution in [1.29, 1.82) is 0 Å². The first-order valence-electron chi connectivity index (χ1n) is 7.79. The zero-order chi connectivity index (χ0) is 16.0. The second-order valence-corrected chi connectivity index (χ2v) is 7.07. The van der Waals surface area contributed by atoms with Crippen molar-refractivity contribution in [2.24, 2.45) is 0 Å². The molecule has 0 saturated heterocycles. The molecule has 2 aromatic heterocycles. The van der Waals surface area contributed by atoms with Crippen LogP contribution in [-0.2, 0) is 6.54 Å². The van der Waals surface area contributed by atoms with Gasteiger partial charge in [-0.15, -0.1) is 5.10 Å². The van der Waals surface area contributed by atoms with Crippen LogP contribution in [0, 0.1) is 13.8 Å². The van der Waals surface area contributed by atoms with Crippen LogP contribution in [0.2, 0.25) is 0 Å². The van der Waals surface area contributed by atoms with E-state index in [9.17, 15) is 4.79 Å². The van der Waals surface area contributed by atoms with E-state index in [2.05, 4.69) is 47.0 Å². The van der Waals surface area contributed by atoms with E-state index >= 15 is 0 Å². The van der Waals surface area contributed by atoms with Crippen LogP contribution in [0.3, 0.4) is 0 Å². The number of aryl methyl sites for hydroxylation is 2. The Balaban J connectivity index is 1.70. The van der Waals surface area contributed by atoms with Gasteiger partial charge in [-0.05, 0) is 43.4 Å². The van der Waals surface area contributed by atoms with E-state index < -0.39 is 0 Å². The second-order valence-electron chi connectivity index (χ2n) is 6.14. The summed E-state index contributed by atoms with van der Waals surface area (Å²) in [6.45, 7) is 5.09. The van der Waals surface area contributed by atoms with Crippen LogP contribution in [0.15, 0.2) is 35.3 Å². The molecule has 1 fully saturated rings. The van der Waals surface area contributed by atoms with E-state index in [0.29, 0.717) is 11.0 Å². The van der Waals surface area contributed by atoms with Gasteiger partial charge in [-0.2, -0.15) is 4.52 Å². The molecule has 0 atom stereocenters. The minimum Gasteiger partial charge on any atom is -0.339 e. The van der Waals surface area contributed by atoms with Crippen LogP contribution < -0.4 is 10.5 Å². The SMILES string of the molecule is Cc1ccc(CN(c2nn3c(=O)ccnc3s2)C2CC2)cc1C. The summed E-state index contributed by atoms with van der Waals surface area (Å²) in [5.74, 6) is 0. The number of fused-ring (bicyclic) bond motifs is 1. The first kappa shape index (κ1) is 14.4. The van der Waals surface area contributed by atoms with Crippen LogP contribution in [0.5, 0.6) is 0 Å². The Morgan fingerprint density at radius 2 is 2.09 bits per heavy atom. The van der Waals surface area contributed by atoms with Gasteiger partial charge in [0.2, 0.25) is 10.1 Å². The Morgan fingerprint density at radius 3 is 2.78 bits per heavy atom. The fraction of sp³-hybridized carbons (Fsp3) is 0.353. The van der Waals surface area contributed by atoms with Crippen LogP contribution in [0.1, 0.15) is 29.5 Å². The fourth-order valence-corrected chi connectivity index (χ4v) is 3.63. The number of rotatable bonds is 4. The zero-order valence-corrected chi connectivity index (χ0v) is 14.0. The van der Waals surface area contributed by atoms with Gasteiger partial charge in [-0.3, -0.25) is 4.79 Å². The lowest BCUT2D eigenvalue weighted by atomic mass is 10.1. The number of aromatic nitrogens is 3. The van der Waals surface area contributed by atoms with Crippen molar-refractivity contribution in [3.63, 3.8) is 0 Å². The van der Waals surface area contributed by atoms with Gasteiger partial charge in [0.05, 0.1) is 0 Å². The molecular weight excluding hydrogens is 308 g/mol. The Kier molecular flexibility index (Phi) is 3.41. The summed E-state index contributed by atoms with van der Waals surface area (Å²) in [6, 6.07) is 8.55. The molecule has 0 unspecified atom stereocenters. The van der Waals surface area contributed by atoms with Crippen molar-refractivity contribution >= 4 is 21.4 Å². The first-order valence-corrected chi connectivity index (χ1v) is 8.61. The highest BCUT2D eigenvalue weighted by Crippen LogP contribution is 2.35. The number of hydrogen-bond donors (Lipinski definition) is 0. The number of anilines is 1. The molecule has 1 aromatic carbocycles. The van der Waals surface area contributed by atoms with Crippen molar-refractivity contribution < 1.29 is 0 Å². The van der Waals surface area contributed by atoms with Crippen molar-refractivity contribution in [2.75, 3.05) is 4.90 Å². The van der Waals surface area contributed by atoms with Gasteiger partial charge >= 0.3 is 0 Å². The molecular formula is C17H18N4OS. The lowest BCUT2D eigenvalue weighted by Gasteiger charge is -2.21. The first-order chi connectivity index (χ1) is 11.1. The predicted octanol–water partition coefficient (Wildman–Crippen LogP) is 2.94. The fourth-order valence-electron chi connectivity index (χ4n) is 2.69. The van der Waals surface area contributed by atoms with E-state index in [1.807, 2.05) is 0 Å². The topological polar surface area (TPSA) is 50.5 Å². The number of hydrogen-bond acceptors (Lipinski definition) is 5. The normalized spacial score (nSPS) is 14.3. The molecule has 3 aromatic rings. The van der Waals surface area contributed by atoms with Crippen LogP contribution in [0.25, 0.3) is 4.96 Å². The molecule has 6 heteroatoms. The zero-order valence-electron chi connectivity index (χ0n) is 13.2. The second kappa shape index (κ2) is 5.45.